The predicted octanol–water partition coefficient (Wildman–Crippen LogP) is 3.78. The normalized spacial score (nSPS) is 12.2. The third-order valence-corrected chi connectivity index (χ3v) is 3.06. The Hall–Kier alpha value is -1.14. The van der Waals surface area contributed by atoms with E-state index in [0.717, 1.165) is 16.7 Å². The third-order valence-electron chi connectivity index (χ3n) is 2.32. The maximum Gasteiger partial charge on any atom is 0.441 e. The summed E-state index contributed by atoms with van der Waals surface area (Å²) in [6, 6.07) is 9.47. The Balaban J connectivity index is 1.77. The second kappa shape index (κ2) is 5.67. The monoisotopic (exact) mass is 275 g/mol. The van der Waals surface area contributed by atoms with Gasteiger partial charge in [-0.1, -0.05) is 18.2 Å². The van der Waals surface area contributed by atoms with Crippen LogP contribution in [0.2, 0.25) is 0 Å². The fourth-order valence-corrected chi connectivity index (χ4v) is 2.05. The van der Waals surface area contributed by atoms with Crippen LogP contribution in [0, 0.1) is 0 Å². The van der Waals surface area contributed by atoms with Crippen LogP contribution in [-0.2, 0) is 6.54 Å². The summed E-state index contributed by atoms with van der Waals surface area (Å²) in [4.78, 5) is 0. The summed E-state index contributed by atoms with van der Waals surface area (Å²) in [5.41, 5.74) is -3.36. The summed E-state index contributed by atoms with van der Waals surface area (Å²) in [6.45, 7) is 0.730. The molecule has 1 heterocycles. The summed E-state index contributed by atoms with van der Waals surface area (Å²) >= 11 is -0.0194. The number of alkyl halides is 3. The number of hydrogen-bond acceptors (Lipinski definition) is 3. The van der Waals surface area contributed by atoms with Crippen LogP contribution in [0.1, 0.15) is 5.76 Å². The molecule has 0 saturated heterocycles. The van der Waals surface area contributed by atoms with Crippen molar-refractivity contribution in [3.05, 3.63) is 36.1 Å². The highest BCUT2D eigenvalue weighted by Crippen LogP contribution is 2.29. The Morgan fingerprint density at radius 2 is 2.00 bits per heavy atom. The molecule has 18 heavy (non-hydrogen) atoms. The van der Waals surface area contributed by atoms with E-state index in [1.807, 2.05) is 30.3 Å². The average molecular weight is 275 g/mol. The molecule has 0 bridgehead atoms. The van der Waals surface area contributed by atoms with E-state index in [4.69, 9.17) is 4.42 Å². The number of benzene rings is 1. The molecule has 0 fully saturated rings. The molecule has 6 heteroatoms. The standard InChI is InChI=1S/C12H12F3NOS/c13-12(14,15)18-6-5-16-8-10-7-9-3-1-2-4-11(9)17-10/h1-4,7,16H,5-6,8H2. The molecule has 98 valence electrons. The molecular weight excluding hydrogens is 263 g/mol. The van der Waals surface area contributed by atoms with Gasteiger partial charge < -0.3 is 9.73 Å². The first kappa shape index (κ1) is 13.3. The van der Waals surface area contributed by atoms with E-state index >= 15 is 0 Å². The number of halogens is 3. The van der Waals surface area contributed by atoms with Gasteiger partial charge in [0.2, 0.25) is 0 Å². The number of furan rings is 1. The van der Waals surface area contributed by atoms with E-state index in [9.17, 15) is 13.2 Å². The van der Waals surface area contributed by atoms with E-state index in [2.05, 4.69) is 5.32 Å². The lowest BCUT2D eigenvalue weighted by Gasteiger charge is -2.05. The first-order valence-corrected chi connectivity index (χ1v) is 6.42. The number of para-hydroxylation sites is 1. The average Bonchev–Trinajstić information content (AvgIpc) is 2.69. The highest BCUT2D eigenvalue weighted by molar-refractivity contribution is 8.00. The molecule has 2 rings (SSSR count). The van der Waals surface area contributed by atoms with Crippen LogP contribution in [0.25, 0.3) is 11.0 Å². The van der Waals surface area contributed by atoms with E-state index in [-0.39, 0.29) is 17.5 Å². The summed E-state index contributed by atoms with van der Waals surface area (Å²) in [7, 11) is 0. The molecule has 1 N–H and O–H groups in total. The van der Waals surface area contributed by atoms with Gasteiger partial charge in [0, 0.05) is 17.7 Å². The van der Waals surface area contributed by atoms with Crippen LogP contribution >= 0.6 is 11.8 Å². The quantitative estimate of drug-likeness (QED) is 0.841. The summed E-state index contributed by atoms with van der Waals surface area (Å²) < 4.78 is 41.1. The van der Waals surface area contributed by atoms with Crippen LogP contribution in [0.3, 0.4) is 0 Å². The van der Waals surface area contributed by atoms with Crippen LogP contribution < -0.4 is 5.32 Å². The molecule has 0 radical (unpaired) electrons. The molecule has 1 aromatic carbocycles. The second-order valence-electron chi connectivity index (χ2n) is 3.72. The molecule has 1 aromatic heterocycles. The molecule has 2 nitrogen and oxygen atoms in total. The van der Waals surface area contributed by atoms with Gasteiger partial charge in [-0.25, -0.2) is 0 Å². The molecule has 0 spiro atoms. The molecular formula is C12H12F3NOS. The first-order chi connectivity index (χ1) is 8.54. The van der Waals surface area contributed by atoms with Crippen LogP contribution in [0.15, 0.2) is 34.7 Å². The minimum atomic E-state index is -4.15. The van der Waals surface area contributed by atoms with Gasteiger partial charge in [0.1, 0.15) is 11.3 Å². The molecule has 0 aliphatic rings. The van der Waals surface area contributed by atoms with Crippen molar-refractivity contribution in [1.82, 2.24) is 5.32 Å². The molecule has 0 saturated carbocycles. The molecule has 0 aliphatic heterocycles. The lowest BCUT2D eigenvalue weighted by molar-refractivity contribution is -0.0327. The molecule has 0 unspecified atom stereocenters. The largest absolute Gasteiger partial charge is 0.460 e. The molecule has 2 aromatic rings. The molecule has 0 atom stereocenters. The fourth-order valence-electron chi connectivity index (χ4n) is 1.57. The highest BCUT2D eigenvalue weighted by Gasteiger charge is 2.27. The van der Waals surface area contributed by atoms with Gasteiger partial charge in [-0.3, -0.25) is 0 Å². The van der Waals surface area contributed by atoms with Gasteiger partial charge in [0.25, 0.3) is 0 Å². The Morgan fingerprint density at radius 1 is 1.22 bits per heavy atom. The van der Waals surface area contributed by atoms with Gasteiger partial charge in [-0.2, -0.15) is 13.2 Å². The highest BCUT2D eigenvalue weighted by atomic mass is 32.2. The van der Waals surface area contributed by atoms with Crippen molar-refractivity contribution in [3.8, 4) is 0 Å². The Labute approximate surface area is 107 Å². The summed E-state index contributed by atoms with van der Waals surface area (Å²) in [5, 5.41) is 3.92. The summed E-state index contributed by atoms with van der Waals surface area (Å²) in [5.74, 6) is 0.734. The number of rotatable bonds is 5. The van der Waals surface area contributed by atoms with Crippen LogP contribution in [0.5, 0.6) is 0 Å². The molecule has 0 amide bonds. The topological polar surface area (TPSA) is 25.2 Å². The third kappa shape index (κ3) is 3.96. The summed E-state index contributed by atoms with van der Waals surface area (Å²) in [6.07, 6.45) is 0. The maximum absolute atomic E-state index is 11.9. The predicted molar refractivity (Wildman–Crippen MR) is 66.4 cm³/mol. The molecule has 0 aliphatic carbocycles. The smallest absolute Gasteiger partial charge is 0.441 e. The Kier molecular flexibility index (Phi) is 4.19. The van der Waals surface area contributed by atoms with E-state index in [1.54, 1.807) is 0 Å². The van der Waals surface area contributed by atoms with E-state index in [0.29, 0.717) is 13.1 Å². The van der Waals surface area contributed by atoms with Crippen molar-refractivity contribution in [2.75, 3.05) is 12.3 Å². The van der Waals surface area contributed by atoms with Gasteiger partial charge >= 0.3 is 5.51 Å². The van der Waals surface area contributed by atoms with Crippen molar-refractivity contribution in [2.45, 2.75) is 12.1 Å². The SMILES string of the molecule is FC(F)(F)SCCNCc1cc2ccccc2o1. The minimum Gasteiger partial charge on any atom is -0.460 e. The van der Waals surface area contributed by atoms with Crippen molar-refractivity contribution in [1.29, 1.82) is 0 Å². The van der Waals surface area contributed by atoms with Crippen molar-refractivity contribution in [3.63, 3.8) is 0 Å². The number of hydrogen-bond donors (Lipinski definition) is 1. The van der Waals surface area contributed by atoms with Crippen molar-refractivity contribution in [2.24, 2.45) is 0 Å². The zero-order valence-corrected chi connectivity index (χ0v) is 10.3. The van der Waals surface area contributed by atoms with Gasteiger partial charge in [-0.05, 0) is 23.9 Å². The minimum absolute atomic E-state index is 0.00370. The lowest BCUT2D eigenvalue weighted by Crippen LogP contribution is -2.18. The zero-order chi connectivity index (χ0) is 13.0. The second-order valence-corrected chi connectivity index (χ2v) is 4.88. The fraction of sp³-hybridized carbons (Fsp3) is 0.333. The zero-order valence-electron chi connectivity index (χ0n) is 9.46. The van der Waals surface area contributed by atoms with E-state index in [1.165, 1.54) is 0 Å². The van der Waals surface area contributed by atoms with Gasteiger partial charge in [0.15, 0.2) is 0 Å². The van der Waals surface area contributed by atoms with Gasteiger partial charge in [0.05, 0.1) is 6.54 Å². The lowest BCUT2D eigenvalue weighted by atomic mass is 10.2. The van der Waals surface area contributed by atoms with Crippen molar-refractivity contribution < 1.29 is 17.6 Å². The van der Waals surface area contributed by atoms with Crippen molar-refractivity contribution >= 4 is 22.7 Å². The Morgan fingerprint density at radius 3 is 2.72 bits per heavy atom. The number of thioether (sulfide) groups is 1. The van der Waals surface area contributed by atoms with Crippen LogP contribution in [-0.4, -0.2) is 17.8 Å². The number of fused-ring (bicyclic) bond motifs is 1. The van der Waals surface area contributed by atoms with E-state index < -0.39 is 5.51 Å². The Bertz CT molecular complexity index is 476. The first-order valence-electron chi connectivity index (χ1n) is 5.43. The maximum atomic E-state index is 11.9. The number of nitrogens with one attached hydrogen (secondary N) is 1. The van der Waals surface area contributed by atoms with Crippen LogP contribution in [0.4, 0.5) is 13.2 Å². The van der Waals surface area contributed by atoms with Gasteiger partial charge in [-0.15, -0.1) is 0 Å².